The van der Waals surface area contributed by atoms with E-state index in [1.807, 2.05) is 0 Å². The maximum absolute atomic E-state index is 11.6. The number of aromatic nitrogens is 1. The fraction of sp³-hybridized carbons (Fsp3) is 0.545. The van der Waals surface area contributed by atoms with Gasteiger partial charge in [0, 0.05) is 6.07 Å². The Balaban J connectivity index is 2.06. The highest BCUT2D eigenvalue weighted by Gasteiger charge is 2.18. The van der Waals surface area contributed by atoms with Crippen LogP contribution in [0.3, 0.4) is 0 Å². The van der Waals surface area contributed by atoms with E-state index in [9.17, 15) is 5.21 Å². The topological polar surface area (TPSA) is 39.0 Å². The van der Waals surface area contributed by atoms with Crippen molar-refractivity contribution in [3.05, 3.63) is 28.6 Å². The summed E-state index contributed by atoms with van der Waals surface area (Å²) in [6, 6.07) is 5.59. The largest absolute Gasteiger partial charge is 0.710 e. The van der Waals surface area contributed by atoms with Gasteiger partial charge in [0.15, 0.2) is 5.15 Å². The molecule has 0 aromatic carbocycles. The van der Waals surface area contributed by atoms with Crippen molar-refractivity contribution in [3.63, 3.8) is 0 Å². The zero-order chi connectivity index (χ0) is 10.7. The van der Waals surface area contributed by atoms with Crippen LogP contribution in [0.5, 0.6) is 0 Å². The number of rotatable bonds is 2. The van der Waals surface area contributed by atoms with Crippen molar-refractivity contribution in [1.82, 2.24) is 0 Å². The highest BCUT2D eigenvalue weighted by atomic mass is 35.5. The molecule has 1 aliphatic rings. The third-order valence-corrected chi connectivity index (χ3v) is 3.14. The molecule has 1 aromatic rings. The Bertz CT molecular complexity index is 337. The van der Waals surface area contributed by atoms with Crippen LogP contribution in [0, 0.1) is 5.21 Å². The Morgan fingerprint density at radius 2 is 2.00 bits per heavy atom. The summed E-state index contributed by atoms with van der Waals surface area (Å²) >= 11 is 5.74. The van der Waals surface area contributed by atoms with E-state index in [2.05, 4.69) is 5.32 Å². The predicted octanol–water partition coefficient (Wildman–Crippen LogP) is 2.72. The first-order valence-corrected chi connectivity index (χ1v) is 5.80. The van der Waals surface area contributed by atoms with Gasteiger partial charge >= 0.3 is 0 Å². The van der Waals surface area contributed by atoms with Crippen LogP contribution in [0.1, 0.15) is 32.1 Å². The maximum atomic E-state index is 11.6. The second kappa shape index (κ2) is 4.71. The molecule has 1 aliphatic carbocycles. The predicted molar refractivity (Wildman–Crippen MR) is 60.9 cm³/mol. The van der Waals surface area contributed by atoms with Gasteiger partial charge in [0.05, 0.1) is 6.04 Å². The van der Waals surface area contributed by atoms with Gasteiger partial charge in [0.2, 0.25) is 0 Å². The molecule has 1 N–H and O–H groups in total. The zero-order valence-electron chi connectivity index (χ0n) is 8.58. The lowest BCUT2D eigenvalue weighted by molar-refractivity contribution is -0.588. The van der Waals surface area contributed by atoms with Crippen LogP contribution in [0.2, 0.25) is 5.15 Å². The highest BCUT2D eigenvalue weighted by molar-refractivity contribution is 6.28. The zero-order valence-corrected chi connectivity index (χ0v) is 9.33. The molecular formula is C11H15ClN2O. The lowest BCUT2D eigenvalue weighted by Gasteiger charge is -2.20. The van der Waals surface area contributed by atoms with Crippen molar-refractivity contribution in [2.24, 2.45) is 0 Å². The van der Waals surface area contributed by atoms with Gasteiger partial charge in [0.1, 0.15) is 0 Å². The molecule has 82 valence electrons. The SMILES string of the molecule is [O-][n+]1c(Cl)cccc1NC1CCCCC1. The molecule has 15 heavy (non-hydrogen) atoms. The molecule has 2 rings (SSSR count). The van der Waals surface area contributed by atoms with Crippen LogP contribution in [-0.2, 0) is 0 Å². The molecule has 0 bridgehead atoms. The van der Waals surface area contributed by atoms with Crippen molar-refractivity contribution in [2.75, 3.05) is 5.32 Å². The summed E-state index contributed by atoms with van der Waals surface area (Å²) in [7, 11) is 0. The summed E-state index contributed by atoms with van der Waals surface area (Å²) in [6.07, 6.45) is 6.10. The second-order valence-corrected chi connectivity index (χ2v) is 4.39. The normalized spacial score (nSPS) is 17.7. The van der Waals surface area contributed by atoms with Gasteiger partial charge in [-0.15, -0.1) is 0 Å². The molecule has 0 saturated heterocycles. The third-order valence-electron chi connectivity index (χ3n) is 2.86. The van der Waals surface area contributed by atoms with Crippen LogP contribution < -0.4 is 10.0 Å². The van der Waals surface area contributed by atoms with Crippen LogP contribution >= 0.6 is 11.6 Å². The van der Waals surface area contributed by atoms with E-state index in [1.54, 1.807) is 18.2 Å². The van der Waals surface area contributed by atoms with Crippen LogP contribution in [0.25, 0.3) is 0 Å². The number of nitrogens with zero attached hydrogens (tertiary/aromatic N) is 1. The number of nitrogens with one attached hydrogen (secondary N) is 1. The number of hydrogen-bond donors (Lipinski definition) is 1. The van der Waals surface area contributed by atoms with E-state index in [0.29, 0.717) is 11.9 Å². The Morgan fingerprint density at radius 1 is 1.27 bits per heavy atom. The van der Waals surface area contributed by atoms with Crippen LogP contribution in [0.15, 0.2) is 18.2 Å². The van der Waals surface area contributed by atoms with E-state index in [1.165, 1.54) is 19.3 Å². The Hall–Kier alpha value is -0.960. The van der Waals surface area contributed by atoms with Gasteiger partial charge in [-0.05, 0) is 49.4 Å². The second-order valence-electron chi connectivity index (χ2n) is 4.01. The van der Waals surface area contributed by atoms with E-state index in [4.69, 9.17) is 11.6 Å². The summed E-state index contributed by atoms with van der Waals surface area (Å²) in [5.41, 5.74) is 0. The Morgan fingerprint density at radius 3 is 2.73 bits per heavy atom. The number of pyridine rings is 1. The minimum atomic E-state index is 0.218. The number of halogens is 1. The Kier molecular flexibility index (Phi) is 3.31. The van der Waals surface area contributed by atoms with E-state index >= 15 is 0 Å². The number of anilines is 1. The fourth-order valence-electron chi connectivity index (χ4n) is 2.03. The molecule has 1 fully saturated rings. The average Bonchev–Trinajstić information content (AvgIpc) is 2.26. The van der Waals surface area contributed by atoms with Gasteiger partial charge in [-0.2, -0.15) is 0 Å². The lowest BCUT2D eigenvalue weighted by Crippen LogP contribution is -2.35. The van der Waals surface area contributed by atoms with Crippen molar-refractivity contribution in [3.8, 4) is 0 Å². The summed E-state index contributed by atoms with van der Waals surface area (Å²) in [5, 5.41) is 15.0. The molecule has 4 heteroatoms. The van der Waals surface area contributed by atoms with Gasteiger partial charge in [-0.3, -0.25) is 5.32 Å². The molecule has 1 saturated carbocycles. The Labute approximate surface area is 94.6 Å². The summed E-state index contributed by atoms with van der Waals surface area (Å²) < 4.78 is 0.746. The first kappa shape index (κ1) is 10.6. The van der Waals surface area contributed by atoms with Gasteiger partial charge in [0.25, 0.3) is 5.82 Å². The van der Waals surface area contributed by atoms with Crippen LogP contribution in [-0.4, -0.2) is 6.04 Å². The molecular weight excluding hydrogens is 212 g/mol. The molecule has 0 spiro atoms. The monoisotopic (exact) mass is 226 g/mol. The van der Waals surface area contributed by atoms with E-state index in [-0.39, 0.29) is 5.15 Å². The molecule has 3 nitrogen and oxygen atoms in total. The quantitative estimate of drug-likeness (QED) is 0.479. The van der Waals surface area contributed by atoms with Crippen molar-refractivity contribution >= 4 is 17.4 Å². The summed E-state index contributed by atoms with van der Waals surface area (Å²) in [6.45, 7) is 0. The molecule has 0 aliphatic heterocycles. The number of hydrogen-bond acceptors (Lipinski definition) is 2. The lowest BCUT2D eigenvalue weighted by atomic mass is 9.95. The minimum Gasteiger partial charge on any atom is -0.710 e. The van der Waals surface area contributed by atoms with Crippen molar-refractivity contribution < 1.29 is 4.73 Å². The first-order valence-electron chi connectivity index (χ1n) is 5.42. The molecule has 1 heterocycles. The maximum Gasteiger partial charge on any atom is 0.278 e. The van der Waals surface area contributed by atoms with E-state index < -0.39 is 0 Å². The molecule has 1 aromatic heterocycles. The first-order chi connectivity index (χ1) is 7.27. The summed E-state index contributed by atoms with van der Waals surface area (Å²) in [5.74, 6) is 0.564. The summed E-state index contributed by atoms with van der Waals surface area (Å²) in [4.78, 5) is 0. The smallest absolute Gasteiger partial charge is 0.278 e. The standard InChI is InChI=1S/C11H15ClN2O/c12-10-7-4-8-11(14(10)15)13-9-5-2-1-3-6-9/h4,7-9,13H,1-3,5-6H2. The van der Waals surface area contributed by atoms with Crippen molar-refractivity contribution in [2.45, 2.75) is 38.1 Å². The minimum absolute atomic E-state index is 0.218. The molecule has 0 atom stereocenters. The third kappa shape index (κ3) is 2.53. The van der Waals surface area contributed by atoms with Gasteiger partial charge < -0.3 is 5.21 Å². The highest BCUT2D eigenvalue weighted by Crippen LogP contribution is 2.20. The molecule has 0 unspecified atom stereocenters. The fourth-order valence-corrected chi connectivity index (χ4v) is 2.20. The van der Waals surface area contributed by atoms with Crippen molar-refractivity contribution in [1.29, 1.82) is 0 Å². The van der Waals surface area contributed by atoms with Gasteiger partial charge in [-0.1, -0.05) is 6.42 Å². The average molecular weight is 227 g/mol. The van der Waals surface area contributed by atoms with E-state index in [0.717, 1.165) is 17.6 Å². The van der Waals surface area contributed by atoms with Gasteiger partial charge in [-0.25, -0.2) is 4.73 Å². The van der Waals surface area contributed by atoms with Crippen LogP contribution in [0.4, 0.5) is 5.82 Å². The molecule has 0 amide bonds. The molecule has 0 radical (unpaired) electrons.